The standard InChI is InChI=1S/C23H26BrN3O/c1-3-25-22(28)17-9-7-16(8-10-17)21(24)18-14-19-11-12-23(2,15-18)27(19)20-6-4-5-13-26-20/h4-10,13,19H,3,11-12,14-15H2,1-2H3,(H,25,28). The monoisotopic (exact) mass is 439 g/mol. The van der Waals surface area contributed by atoms with Gasteiger partial charge in [-0.05, 0) is 69.4 Å². The number of carbonyl (C=O) groups is 1. The third-order valence-electron chi connectivity index (χ3n) is 5.98. The summed E-state index contributed by atoms with van der Waals surface area (Å²) < 4.78 is 1.17. The first-order valence-corrected chi connectivity index (χ1v) is 10.8. The van der Waals surface area contributed by atoms with Gasteiger partial charge >= 0.3 is 0 Å². The summed E-state index contributed by atoms with van der Waals surface area (Å²) in [6.07, 6.45) is 6.35. The number of rotatable bonds is 4. The van der Waals surface area contributed by atoms with Crippen LogP contribution in [0, 0.1) is 0 Å². The number of hydrogen-bond acceptors (Lipinski definition) is 3. The van der Waals surface area contributed by atoms with Crippen molar-refractivity contribution in [3.63, 3.8) is 0 Å². The Bertz CT molecular complexity index is 894. The van der Waals surface area contributed by atoms with Gasteiger partial charge in [0, 0.05) is 34.4 Å². The van der Waals surface area contributed by atoms with Gasteiger partial charge in [-0.1, -0.05) is 39.7 Å². The smallest absolute Gasteiger partial charge is 0.251 e. The molecule has 1 aromatic heterocycles. The van der Waals surface area contributed by atoms with Gasteiger partial charge in [0.25, 0.3) is 5.91 Å². The summed E-state index contributed by atoms with van der Waals surface area (Å²) in [6, 6.07) is 14.6. The molecular formula is C23H26BrN3O. The lowest BCUT2D eigenvalue weighted by Gasteiger charge is -2.45. The number of amides is 1. The summed E-state index contributed by atoms with van der Waals surface area (Å²) in [6.45, 7) is 4.93. The van der Waals surface area contributed by atoms with Crippen LogP contribution in [0.4, 0.5) is 5.82 Å². The highest BCUT2D eigenvalue weighted by Gasteiger charge is 2.48. The van der Waals surface area contributed by atoms with Crippen molar-refractivity contribution in [2.24, 2.45) is 0 Å². The zero-order valence-corrected chi connectivity index (χ0v) is 18.0. The average molecular weight is 440 g/mol. The number of aromatic nitrogens is 1. The van der Waals surface area contributed by atoms with E-state index in [-0.39, 0.29) is 11.4 Å². The Morgan fingerprint density at radius 1 is 1.25 bits per heavy atom. The van der Waals surface area contributed by atoms with Crippen LogP contribution in [0.5, 0.6) is 0 Å². The minimum absolute atomic E-state index is 0.0212. The van der Waals surface area contributed by atoms with Gasteiger partial charge in [0.15, 0.2) is 0 Å². The van der Waals surface area contributed by atoms with Gasteiger partial charge in [-0.15, -0.1) is 0 Å². The van der Waals surface area contributed by atoms with Crippen LogP contribution in [0.25, 0.3) is 4.48 Å². The van der Waals surface area contributed by atoms with Gasteiger partial charge in [0.05, 0.1) is 0 Å². The Morgan fingerprint density at radius 3 is 2.64 bits per heavy atom. The van der Waals surface area contributed by atoms with Crippen molar-refractivity contribution in [2.45, 2.75) is 51.1 Å². The van der Waals surface area contributed by atoms with Crippen LogP contribution in [0.15, 0.2) is 54.2 Å². The van der Waals surface area contributed by atoms with E-state index in [1.807, 2.05) is 43.5 Å². The zero-order valence-electron chi connectivity index (χ0n) is 16.4. The number of pyridine rings is 1. The van der Waals surface area contributed by atoms with E-state index in [1.54, 1.807) is 0 Å². The third-order valence-corrected chi connectivity index (χ3v) is 7.00. The van der Waals surface area contributed by atoms with Crippen molar-refractivity contribution in [1.29, 1.82) is 0 Å². The van der Waals surface area contributed by atoms with E-state index in [9.17, 15) is 4.79 Å². The van der Waals surface area contributed by atoms with E-state index in [2.05, 4.69) is 50.2 Å². The van der Waals surface area contributed by atoms with E-state index in [4.69, 9.17) is 0 Å². The summed E-state index contributed by atoms with van der Waals surface area (Å²) >= 11 is 3.87. The van der Waals surface area contributed by atoms with E-state index in [1.165, 1.54) is 22.9 Å². The molecule has 4 nitrogen and oxygen atoms in total. The molecule has 1 amide bonds. The average Bonchev–Trinajstić information content (AvgIpc) is 2.93. The fraction of sp³-hybridized carbons (Fsp3) is 0.391. The minimum atomic E-state index is -0.0212. The number of nitrogens with zero attached hydrogens (tertiary/aromatic N) is 2. The van der Waals surface area contributed by atoms with Crippen molar-refractivity contribution >= 4 is 32.1 Å². The molecule has 0 saturated carbocycles. The maximum absolute atomic E-state index is 12.0. The van der Waals surface area contributed by atoms with Gasteiger partial charge in [-0.3, -0.25) is 4.79 Å². The Labute approximate surface area is 175 Å². The van der Waals surface area contributed by atoms with Crippen LogP contribution in [-0.2, 0) is 0 Å². The van der Waals surface area contributed by atoms with E-state index in [0.29, 0.717) is 18.2 Å². The van der Waals surface area contributed by atoms with Crippen molar-refractivity contribution in [1.82, 2.24) is 10.3 Å². The molecule has 2 aliphatic heterocycles. The molecule has 2 bridgehead atoms. The number of carbonyl (C=O) groups excluding carboxylic acids is 1. The molecule has 4 rings (SSSR count). The molecule has 28 heavy (non-hydrogen) atoms. The fourth-order valence-electron chi connectivity index (χ4n) is 4.71. The highest BCUT2D eigenvalue weighted by Crippen LogP contribution is 2.50. The number of benzene rings is 1. The lowest BCUT2D eigenvalue weighted by molar-refractivity contribution is 0.0956. The predicted octanol–water partition coefficient (Wildman–Crippen LogP) is 5.16. The van der Waals surface area contributed by atoms with Gasteiger partial charge < -0.3 is 10.2 Å². The molecule has 3 heterocycles. The zero-order chi connectivity index (χ0) is 19.7. The maximum atomic E-state index is 12.0. The van der Waals surface area contributed by atoms with Gasteiger partial charge in [0.2, 0.25) is 0 Å². The Hall–Kier alpha value is -2.14. The van der Waals surface area contributed by atoms with Gasteiger partial charge in [-0.2, -0.15) is 0 Å². The molecule has 0 spiro atoms. The normalized spacial score (nSPS) is 25.5. The molecule has 2 aromatic rings. The third kappa shape index (κ3) is 3.48. The van der Waals surface area contributed by atoms with Gasteiger partial charge in [0.1, 0.15) is 5.82 Å². The second-order valence-corrected chi connectivity index (χ2v) is 8.78. The number of nitrogens with one attached hydrogen (secondary N) is 1. The number of anilines is 1. The molecule has 2 aliphatic rings. The fourth-order valence-corrected chi connectivity index (χ4v) is 5.28. The quantitative estimate of drug-likeness (QED) is 0.715. The lowest BCUT2D eigenvalue weighted by atomic mass is 9.85. The second kappa shape index (κ2) is 7.70. The van der Waals surface area contributed by atoms with Crippen molar-refractivity contribution < 1.29 is 4.79 Å². The first-order valence-electron chi connectivity index (χ1n) is 9.98. The molecule has 2 fully saturated rings. The first-order chi connectivity index (χ1) is 13.5. The molecule has 5 heteroatoms. The lowest BCUT2D eigenvalue weighted by Crippen LogP contribution is -2.49. The number of fused-ring (bicyclic) bond motifs is 2. The summed E-state index contributed by atoms with van der Waals surface area (Å²) in [5.41, 5.74) is 3.40. The molecule has 0 aliphatic carbocycles. The molecular weight excluding hydrogens is 414 g/mol. The number of piperidine rings is 1. The highest BCUT2D eigenvalue weighted by atomic mass is 79.9. The second-order valence-electron chi connectivity index (χ2n) is 7.98. The molecule has 1 N–H and O–H groups in total. The van der Waals surface area contributed by atoms with E-state index in [0.717, 1.165) is 24.2 Å². The molecule has 0 radical (unpaired) electrons. The summed E-state index contributed by atoms with van der Waals surface area (Å²) in [4.78, 5) is 19.1. The van der Waals surface area contributed by atoms with Crippen LogP contribution in [-0.4, -0.2) is 29.0 Å². The molecule has 2 unspecified atom stereocenters. The van der Waals surface area contributed by atoms with E-state index >= 15 is 0 Å². The highest BCUT2D eigenvalue weighted by molar-refractivity contribution is 9.15. The summed E-state index contributed by atoms with van der Waals surface area (Å²) in [7, 11) is 0. The Kier molecular flexibility index (Phi) is 5.28. The largest absolute Gasteiger partial charge is 0.352 e. The van der Waals surface area contributed by atoms with Crippen LogP contribution >= 0.6 is 15.9 Å². The van der Waals surface area contributed by atoms with Crippen LogP contribution in [0.3, 0.4) is 0 Å². The first kappa shape index (κ1) is 19.2. The Morgan fingerprint density at radius 2 is 2.00 bits per heavy atom. The topological polar surface area (TPSA) is 45.2 Å². The van der Waals surface area contributed by atoms with Crippen LogP contribution in [0.2, 0.25) is 0 Å². The summed E-state index contributed by atoms with van der Waals surface area (Å²) in [5.74, 6) is 1.07. The molecule has 2 saturated heterocycles. The molecule has 1 aromatic carbocycles. The maximum Gasteiger partial charge on any atom is 0.251 e. The predicted molar refractivity (Wildman–Crippen MR) is 118 cm³/mol. The Balaban J connectivity index is 1.59. The summed E-state index contributed by atoms with van der Waals surface area (Å²) in [5, 5.41) is 2.85. The molecule has 146 valence electrons. The number of hydrogen-bond donors (Lipinski definition) is 1. The minimum Gasteiger partial charge on any atom is -0.352 e. The van der Waals surface area contributed by atoms with Crippen molar-refractivity contribution in [3.8, 4) is 0 Å². The van der Waals surface area contributed by atoms with Crippen molar-refractivity contribution in [3.05, 3.63) is 65.4 Å². The number of halogens is 1. The van der Waals surface area contributed by atoms with Crippen LogP contribution < -0.4 is 10.2 Å². The van der Waals surface area contributed by atoms with Crippen molar-refractivity contribution in [2.75, 3.05) is 11.4 Å². The van der Waals surface area contributed by atoms with Gasteiger partial charge in [-0.25, -0.2) is 4.98 Å². The van der Waals surface area contributed by atoms with Crippen LogP contribution in [0.1, 0.15) is 55.5 Å². The van der Waals surface area contributed by atoms with E-state index < -0.39 is 0 Å². The molecule has 2 atom stereocenters. The SMILES string of the molecule is CCNC(=O)c1ccc(C(Br)=C2CC3CCC(C)(C2)N3c2ccccn2)cc1.